The van der Waals surface area contributed by atoms with Gasteiger partial charge in [-0.1, -0.05) is 36.4 Å². The van der Waals surface area contributed by atoms with Crippen LogP contribution in [0.15, 0.2) is 77.8 Å². The lowest BCUT2D eigenvalue weighted by Gasteiger charge is -2.18. The second-order valence-corrected chi connectivity index (χ2v) is 8.38. The lowest BCUT2D eigenvalue weighted by atomic mass is 9.95. The van der Waals surface area contributed by atoms with E-state index in [-0.39, 0.29) is 29.7 Å². The zero-order valence-electron chi connectivity index (χ0n) is 15.0. The van der Waals surface area contributed by atoms with Crippen LogP contribution in [0.4, 0.5) is 5.69 Å². The molecule has 1 aromatic heterocycles. The molecular weight excluding hydrogens is 374 g/mol. The van der Waals surface area contributed by atoms with E-state index in [0.717, 1.165) is 11.3 Å². The van der Waals surface area contributed by atoms with Crippen molar-refractivity contribution in [3.8, 4) is 0 Å². The molecule has 0 saturated carbocycles. The van der Waals surface area contributed by atoms with Crippen molar-refractivity contribution in [2.45, 2.75) is 17.2 Å². The van der Waals surface area contributed by atoms with Crippen molar-refractivity contribution in [1.82, 2.24) is 9.71 Å². The summed E-state index contributed by atoms with van der Waals surface area (Å²) in [6.45, 7) is 0.178. The van der Waals surface area contributed by atoms with Gasteiger partial charge in [0.2, 0.25) is 15.9 Å². The molecule has 0 bridgehead atoms. The van der Waals surface area contributed by atoms with Gasteiger partial charge in [0, 0.05) is 30.0 Å². The molecule has 1 atom stereocenters. The van der Waals surface area contributed by atoms with Crippen molar-refractivity contribution in [3.63, 3.8) is 0 Å². The number of hydrogen-bond donors (Lipinski definition) is 2. The molecule has 1 aliphatic rings. The quantitative estimate of drug-likeness (QED) is 0.674. The standard InChI is InChI=1S/C21H19N3O3S/c25-21-13-16-12-17(9-10-19(16)24-21)28(26,27)23-14-18(15-6-2-1-3-7-15)20-8-4-5-11-22-20/h1-12,18,23H,13-14H2,(H,24,25). The maximum Gasteiger partial charge on any atom is 0.240 e. The van der Waals surface area contributed by atoms with Crippen LogP contribution in [0.25, 0.3) is 0 Å². The number of carbonyl (C=O) groups is 1. The number of pyridine rings is 1. The molecular formula is C21H19N3O3S. The number of nitrogens with one attached hydrogen (secondary N) is 2. The number of amides is 1. The van der Waals surface area contributed by atoms with Gasteiger partial charge in [0.05, 0.1) is 11.3 Å². The Morgan fingerprint density at radius 2 is 1.82 bits per heavy atom. The third-order valence-electron chi connectivity index (χ3n) is 4.74. The van der Waals surface area contributed by atoms with E-state index in [1.54, 1.807) is 18.3 Å². The monoisotopic (exact) mass is 393 g/mol. The highest BCUT2D eigenvalue weighted by Gasteiger charge is 2.23. The van der Waals surface area contributed by atoms with Crippen LogP contribution in [-0.4, -0.2) is 25.9 Å². The van der Waals surface area contributed by atoms with E-state index in [4.69, 9.17) is 0 Å². The zero-order valence-corrected chi connectivity index (χ0v) is 15.8. The van der Waals surface area contributed by atoms with Crippen molar-refractivity contribution in [2.75, 3.05) is 11.9 Å². The van der Waals surface area contributed by atoms with Crippen LogP contribution in [0.2, 0.25) is 0 Å². The first-order chi connectivity index (χ1) is 13.5. The molecule has 0 spiro atoms. The van der Waals surface area contributed by atoms with Crippen molar-refractivity contribution in [1.29, 1.82) is 0 Å². The highest BCUT2D eigenvalue weighted by molar-refractivity contribution is 7.89. The Balaban J connectivity index is 1.59. The molecule has 2 aromatic carbocycles. The summed E-state index contributed by atoms with van der Waals surface area (Å²) in [5.74, 6) is -0.341. The van der Waals surface area contributed by atoms with E-state index in [0.29, 0.717) is 11.3 Å². The van der Waals surface area contributed by atoms with Gasteiger partial charge < -0.3 is 5.32 Å². The van der Waals surface area contributed by atoms with Crippen LogP contribution in [0, 0.1) is 0 Å². The molecule has 1 unspecified atom stereocenters. The lowest BCUT2D eigenvalue weighted by molar-refractivity contribution is -0.115. The maximum atomic E-state index is 12.8. The average Bonchev–Trinajstić information content (AvgIpc) is 3.09. The van der Waals surface area contributed by atoms with Crippen molar-refractivity contribution < 1.29 is 13.2 Å². The summed E-state index contributed by atoms with van der Waals surface area (Å²) in [6.07, 6.45) is 1.89. The summed E-state index contributed by atoms with van der Waals surface area (Å²) in [7, 11) is -3.73. The second kappa shape index (κ2) is 7.53. The number of anilines is 1. The fourth-order valence-electron chi connectivity index (χ4n) is 3.31. The first-order valence-electron chi connectivity index (χ1n) is 8.91. The minimum Gasteiger partial charge on any atom is -0.326 e. The van der Waals surface area contributed by atoms with E-state index < -0.39 is 10.0 Å². The maximum absolute atomic E-state index is 12.8. The molecule has 4 rings (SSSR count). The van der Waals surface area contributed by atoms with Crippen LogP contribution in [0.3, 0.4) is 0 Å². The molecule has 1 aliphatic heterocycles. The molecule has 7 heteroatoms. The van der Waals surface area contributed by atoms with Crippen molar-refractivity contribution >= 4 is 21.6 Å². The van der Waals surface area contributed by atoms with Gasteiger partial charge in [-0.05, 0) is 41.5 Å². The van der Waals surface area contributed by atoms with Gasteiger partial charge in [-0.25, -0.2) is 13.1 Å². The van der Waals surface area contributed by atoms with Gasteiger partial charge in [0.1, 0.15) is 0 Å². The minimum absolute atomic E-state index is 0.128. The highest BCUT2D eigenvalue weighted by atomic mass is 32.2. The largest absolute Gasteiger partial charge is 0.326 e. The number of benzene rings is 2. The normalized spacial score (nSPS) is 14.4. The molecule has 0 fully saturated rings. The van der Waals surface area contributed by atoms with E-state index in [2.05, 4.69) is 15.0 Å². The first kappa shape index (κ1) is 18.3. The predicted molar refractivity (Wildman–Crippen MR) is 106 cm³/mol. The third kappa shape index (κ3) is 3.81. The van der Waals surface area contributed by atoms with Crippen molar-refractivity contribution in [2.24, 2.45) is 0 Å². The molecule has 0 aliphatic carbocycles. The molecule has 2 N–H and O–H groups in total. The SMILES string of the molecule is O=C1Cc2cc(S(=O)(=O)NCC(c3ccccc3)c3ccccn3)ccc2N1. The predicted octanol–water partition coefficient (Wildman–Crippen LogP) is 2.69. The summed E-state index contributed by atoms with van der Waals surface area (Å²) in [5.41, 5.74) is 3.13. The van der Waals surface area contributed by atoms with E-state index in [1.807, 2.05) is 48.5 Å². The number of aromatic nitrogens is 1. The summed E-state index contributed by atoms with van der Waals surface area (Å²) < 4.78 is 28.4. The Bertz CT molecular complexity index is 1060. The Labute approximate surface area is 163 Å². The van der Waals surface area contributed by atoms with Gasteiger partial charge in [-0.15, -0.1) is 0 Å². The minimum atomic E-state index is -3.73. The molecule has 28 heavy (non-hydrogen) atoms. The van der Waals surface area contributed by atoms with E-state index >= 15 is 0 Å². The summed E-state index contributed by atoms with van der Waals surface area (Å²) in [6, 6.07) is 20.0. The van der Waals surface area contributed by atoms with Gasteiger partial charge >= 0.3 is 0 Å². The number of nitrogens with zero attached hydrogens (tertiary/aromatic N) is 1. The molecule has 0 radical (unpaired) electrons. The third-order valence-corrected chi connectivity index (χ3v) is 6.16. The summed E-state index contributed by atoms with van der Waals surface area (Å²) >= 11 is 0. The van der Waals surface area contributed by atoms with E-state index in [1.165, 1.54) is 6.07 Å². The Morgan fingerprint density at radius 1 is 1.04 bits per heavy atom. The van der Waals surface area contributed by atoms with Gasteiger partial charge in [-0.3, -0.25) is 9.78 Å². The molecule has 0 saturated heterocycles. The van der Waals surface area contributed by atoms with Crippen LogP contribution in [0.1, 0.15) is 22.7 Å². The molecule has 6 nitrogen and oxygen atoms in total. The number of rotatable bonds is 6. The Kier molecular flexibility index (Phi) is 4.93. The van der Waals surface area contributed by atoms with Crippen LogP contribution in [-0.2, 0) is 21.2 Å². The topological polar surface area (TPSA) is 88.2 Å². The fraction of sp³-hybridized carbons (Fsp3) is 0.143. The average molecular weight is 393 g/mol. The first-order valence-corrected chi connectivity index (χ1v) is 10.4. The van der Waals surface area contributed by atoms with Gasteiger partial charge in [0.25, 0.3) is 0 Å². The number of hydrogen-bond acceptors (Lipinski definition) is 4. The summed E-state index contributed by atoms with van der Waals surface area (Å²) in [4.78, 5) is 16.1. The van der Waals surface area contributed by atoms with Crippen LogP contribution < -0.4 is 10.0 Å². The van der Waals surface area contributed by atoms with E-state index in [9.17, 15) is 13.2 Å². The Morgan fingerprint density at radius 3 is 2.57 bits per heavy atom. The highest BCUT2D eigenvalue weighted by Crippen LogP contribution is 2.27. The molecule has 142 valence electrons. The summed E-state index contributed by atoms with van der Waals surface area (Å²) in [5, 5.41) is 2.71. The van der Waals surface area contributed by atoms with Gasteiger partial charge in [0.15, 0.2) is 0 Å². The number of sulfonamides is 1. The number of fused-ring (bicyclic) bond motifs is 1. The lowest BCUT2D eigenvalue weighted by Crippen LogP contribution is -2.29. The molecule has 2 heterocycles. The fourth-order valence-corrected chi connectivity index (χ4v) is 4.41. The molecule has 1 amide bonds. The zero-order chi connectivity index (χ0) is 19.6. The van der Waals surface area contributed by atoms with Crippen LogP contribution in [0.5, 0.6) is 0 Å². The Hall–Kier alpha value is -3.03. The molecule has 3 aromatic rings. The second-order valence-electron chi connectivity index (χ2n) is 6.61. The van der Waals surface area contributed by atoms with Crippen LogP contribution >= 0.6 is 0 Å². The van der Waals surface area contributed by atoms with Crippen molar-refractivity contribution in [3.05, 3.63) is 89.7 Å². The number of carbonyl (C=O) groups excluding carboxylic acids is 1. The smallest absolute Gasteiger partial charge is 0.240 e. The van der Waals surface area contributed by atoms with Gasteiger partial charge in [-0.2, -0.15) is 0 Å².